The molecule has 2 atom stereocenters. The molecule has 96 valence electrons. The second-order valence-corrected chi connectivity index (χ2v) is 5.99. The summed E-state index contributed by atoms with van der Waals surface area (Å²) >= 11 is 2.24. The third-order valence-corrected chi connectivity index (χ3v) is 4.43. The van der Waals surface area contributed by atoms with Gasteiger partial charge in [0.2, 0.25) is 5.91 Å². The van der Waals surface area contributed by atoms with E-state index in [1.54, 1.807) is 0 Å². The van der Waals surface area contributed by atoms with Crippen molar-refractivity contribution < 1.29 is 4.79 Å². The minimum atomic E-state index is 0.124. The van der Waals surface area contributed by atoms with Crippen molar-refractivity contribution in [3.63, 3.8) is 0 Å². The Morgan fingerprint density at radius 2 is 1.74 bits per heavy atom. The van der Waals surface area contributed by atoms with E-state index in [0.29, 0.717) is 5.92 Å². The van der Waals surface area contributed by atoms with E-state index in [2.05, 4.69) is 40.0 Å². The van der Waals surface area contributed by atoms with E-state index in [1.807, 2.05) is 42.5 Å². The molecule has 1 amide bonds. The van der Waals surface area contributed by atoms with E-state index in [0.717, 1.165) is 15.7 Å². The Kier molecular flexibility index (Phi) is 3.55. The predicted octanol–water partition coefficient (Wildman–Crippen LogP) is 4.03. The van der Waals surface area contributed by atoms with Crippen LogP contribution in [0.1, 0.15) is 17.9 Å². The van der Waals surface area contributed by atoms with Gasteiger partial charge in [-0.05, 0) is 52.6 Å². The molecule has 19 heavy (non-hydrogen) atoms. The molecular formula is C16H14INO. The molecule has 1 N–H and O–H groups in total. The lowest BCUT2D eigenvalue weighted by Crippen LogP contribution is -2.15. The summed E-state index contributed by atoms with van der Waals surface area (Å²) < 4.78 is 1.07. The number of rotatable bonds is 3. The van der Waals surface area contributed by atoms with Gasteiger partial charge in [-0.1, -0.05) is 42.5 Å². The fraction of sp³-hybridized carbons (Fsp3) is 0.188. The number of carbonyl (C=O) groups excluding carboxylic acids is 1. The number of para-hydroxylation sites is 1. The number of carbonyl (C=O) groups is 1. The van der Waals surface area contributed by atoms with Gasteiger partial charge >= 0.3 is 0 Å². The first-order valence-electron chi connectivity index (χ1n) is 6.36. The second kappa shape index (κ2) is 5.33. The fourth-order valence-electron chi connectivity index (χ4n) is 2.34. The first kappa shape index (κ1) is 12.7. The third-order valence-electron chi connectivity index (χ3n) is 3.49. The van der Waals surface area contributed by atoms with Gasteiger partial charge in [-0.3, -0.25) is 4.79 Å². The third kappa shape index (κ3) is 2.81. The van der Waals surface area contributed by atoms with Gasteiger partial charge in [0.15, 0.2) is 0 Å². The number of benzene rings is 2. The molecule has 0 aliphatic heterocycles. The second-order valence-electron chi connectivity index (χ2n) is 4.83. The van der Waals surface area contributed by atoms with Crippen molar-refractivity contribution >= 4 is 34.2 Å². The molecule has 0 saturated heterocycles. The number of hydrogen-bond acceptors (Lipinski definition) is 1. The number of halogens is 1. The van der Waals surface area contributed by atoms with Gasteiger partial charge in [-0.15, -0.1) is 0 Å². The van der Waals surface area contributed by atoms with Gasteiger partial charge < -0.3 is 5.32 Å². The van der Waals surface area contributed by atoms with Crippen LogP contribution < -0.4 is 5.32 Å². The summed E-state index contributed by atoms with van der Waals surface area (Å²) in [4.78, 5) is 12.2. The van der Waals surface area contributed by atoms with Gasteiger partial charge in [0.05, 0.1) is 5.69 Å². The molecular weight excluding hydrogens is 349 g/mol. The van der Waals surface area contributed by atoms with Crippen molar-refractivity contribution in [2.45, 2.75) is 12.3 Å². The maximum atomic E-state index is 12.2. The molecule has 3 rings (SSSR count). The largest absolute Gasteiger partial charge is 0.325 e. The van der Waals surface area contributed by atoms with Crippen LogP contribution in [0.15, 0.2) is 54.6 Å². The average molecular weight is 363 g/mol. The Balaban J connectivity index is 1.66. The minimum absolute atomic E-state index is 0.124. The Hall–Kier alpha value is -1.36. The number of anilines is 1. The summed E-state index contributed by atoms with van der Waals surface area (Å²) in [5.74, 6) is 0.652. The molecule has 1 saturated carbocycles. The normalized spacial score (nSPS) is 20.9. The quantitative estimate of drug-likeness (QED) is 0.820. The van der Waals surface area contributed by atoms with Crippen LogP contribution in [0.25, 0.3) is 0 Å². The Bertz CT molecular complexity index is 597. The lowest BCUT2D eigenvalue weighted by molar-refractivity contribution is -0.117. The van der Waals surface area contributed by atoms with Gasteiger partial charge in [0.1, 0.15) is 0 Å². The highest BCUT2D eigenvalue weighted by Crippen LogP contribution is 2.47. The molecule has 2 aromatic rings. The van der Waals surface area contributed by atoms with Crippen molar-refractivity contribution in [2.75, 3.05) is 5.32 Å². The van der Waals surface area contributed by atoms with Crippen molar-refractivity contribution in [1.82, 2.24) is 0 Å². The summed E-state index contributed by atoms with van der Waals surface area (Å²) in [6.45, 7) is 0. The first-order valence-corrected chi connectivity index (χ1v) is 7.44. The van der Waals surface area contributed by atoms with Crippen LogP contribution in [-0.2, 0) is 4.79 Å². The molecule has 0 heterocycles. The monoisotopic (exact) mass is 363 g/mol. The van der Waals surface area contributed by atoms with Gasteiger partial charge in [0.25, 0.3) is 0 Å². The number of hydrogen-bond donors (Lipinski definition) is 1. The van der Waals surface area contributed by atoms with E-state index in [9.17, 15) is 4.79 Å². The highest BCUT2D eigenvalue weighted by molar-refractivity contribution is 14.1. The number of amides is 1. The molecule has 0 bridgehead atoms. The number of nitrogens with one attached hydrogen (secondary N) is 1. The maximum absolute atomic E-state index is 12.2. The SMILES string of the molecule is O=C(Nc1ccccc1I)C1CC1c1ccccc1. The Labute approximate surface area is 126 Å². The standard InChI is InChI=1S/C16H14INO/c17-14-8-4-5-9-15(14)18-16(19)13-10-12(13)11-6-2-1-3-7-11/h1-9,12-13H,10H2,(H,18,19). The van der Waals surface area contributed by atoms with E-state index >= 15 is 0 Å². The van der Waals surface area contributed by atoms with Crippen LogP contribution in [0.3, 0.4) is 0 Å². The minimum Gasteiger partial charge on any atom is -0.325 e. The summed E-state index contributed by atoms with van der Waals surface area (Å²) in [6.07, 6.45) is 0.958. The fourth-order valence-corrected chi connectivity index (χ4v) is 2.86. The van der Waals surface area contributed by atoms with Crippen LogP contribution in [0.4, 0.5) is 5.69 Å². The molecule has 1 aliphatic rings. The molecule has 1 fully saturated rings. The molecule has 2 nitrogen and oxygen atoms in total. The summed E-state index contributed by atoms with van der Waals surface area (Å²) in [7, 11) is 0. The lowest BCUT2D eigenvalue weighted by Gasteiger charge is -2.06. The molecule has 0 aromatic heterocycles. The Morgan fingerprint density at radius 1 is 1.05 bits per heavy atom. The molecule has 2 unspecified atom stereocenters. The van der Waals surface area contributed by atoms with Crippen LogP contribution >= 0.6 is 22.6 Å². The first-order chi connectivity index (χ1) is 9.25. The van der Waals surface area contributed by atoms with Gasteiger partial charge in [-0.25, -0.2) is 0 Å². The van der Waals surface area contributed by atoms with Crippen LogP contribution in [0, 0.1) is 9.49 Å². The highest BCUT2D eigenvalue weighted by atomic mass is 127. The van der Waals surface area contributed by atoms with Gasteiger partial charge in [-0.2, -0.15) is 0 Å². The van der Waals surface area contributed by atoms with Gasteiger partial charge in [0, 0.05) is 9.49 Å². The molecule has 0 spiro atoms. The lowest BCUT2D eigenvalue weighted by atomic mass is 10.1. The predicted molar refractivity (Wildman–Crippen MR) is 85.1 cm³/mol. The van der Waals surface area contributed by atoms with Crippen LogP contribution in [0.5, 0.6) is 0 Å². The van der Waals surface area contributed by atoms with Crippen molar-refractivity contribution in [2.24, 2.45) is 5.92 Å². The zero-order valence-corrected chi connectivity index (χ0v) is 12.5. The van der Waals surface area contributed by atoms with Crippen molar-refractivity contribution in [3.05, 3.63) is 63.7 Å². The Morgan fingerprint density at radius 3 is 2.47 bits per heavy atom. The highest BCUT2D eigenvalue weighted by Gasteiger charge is 2.43. The van der Waals surface area contributed by atoms with Crippen molar-refractivity contribution in [1.29, 1.82) is 0 Å². The molecule has 0 radical (unpaired) electrons. The van der Waals surface area contributed by atoms with Crippen LogP contribution in [-0.4, -0.2) is 5.91 Å². The maximum Gasteiger partial charge on any atom is 0.228 e. The average Bonchev–Trinajstić information content (AvgIpc) is 3.23. The van der Waals surface area contributed by atoms with E-state index in [4.69, 9.17) is 0 Å². The van der Waals surface area contributed by atoms with Crippen molar-refractivity contribution in [3.8, 4) is 0 Å². The zero-order chi connectivity index (χ0) is 13.2. The summed E-state index contributed by atoms with van der Waals surface area (Å²) in [5.41, 5.74) is 2.18. The van der Waals surface area contributed by atoms with E-state index in [-0.39, 0.29) is 11.8 Å². The van der Waals surface area contributed by atoms with Crippen LogP contribution in [0.2, 0.25) is 0 Å². The molecule has 1 aliphatic carbocycles. The molecule has 3 heteroatoms. The summed E-state index contributed by atoms with van der Waals surface area (Å²) in [6, 6.07) is 18.1. The van der Waals surface area contributed by atoms with E-state index in [1.165, 1.54) is 5.56 Å². The smallest absolute Gasteiger partial charge is 0.228 e. The topological polar surface area (TPSA) is 29.1 Å². The zero-order valence-electron chi connectivity index (χ0n) is 10.3. The molecule has 2 aromatic carbocycles. The van der Waals surface area contributed by atoms with E-state index < -0.39 is 0 Å². The summed E-state index contributed by atoms with van der Waals surface area (Å²) in [5, 5.41) is 3.03.